The third-order valence-electron chi connectivity index (χ3n) is 6.08. The fourth-order valence-corrected chi connectivity index (χ4v) is 4.72. The Balaban J connectivity index is 1.40. The van der Waals surface area contributed by atoms with Crippen LogP contribution in [0.4, 0.5) is 4.79 Å². The second kappa shape index (κ2) is 8.74. The molecule has 164 valence electrons. The van der Waals surface area contributed by atoms with Crippen LogP contribution < -0.4 is 4.74 Å². The van der Waals surface area contributed by atoms with Crippen molar-refractivity contribution in [1.29, 1.82) is 0 Å². The van der Waals surface area contributed by atoms with Gasteiger partial charge in [0.1, 0.15) is 18.0 Å². The second-order valence-electron chi connectivity index (χ2n) is 9.61. The Labute approximate surface area is 184 Å². The molecule has 31 heavy (non-hydrogen) atoms. The molecule has 1 amide bonds. The average molecular weight is 422 g/mol. The van der Waals surface area contributed by atoms with E-state index < -0.39 is 5.60 Å². The molecule has 2 unspecified atom stereocenters. The summed E-state index contributed by atoms with van der Waals surface area (Å²) in [6.45, 7) is 6.12. The molecule has 2 aromatic carbocycles. The molecule has 2 saturated heterocycles. The molecule has 2 heterocycles. The van der Waals surface area contributed by atoms with Crippen molar-refractivity contribution in [3.8, 4) is 5.75 Å². The quantitative estimate of drug-likeness (QED) is 0.588. The average Bonchev–Trinajstić information content (AvgIpc) is 3.01. The number of benzene rings is 2. The fourth-order valence-electron chi connectivity index (χ4n) is 4.72. The molecule has 5 nitrogen and oxygen atoms in total. The summed E-state index contributed by atoms with van der Waals surface area (Å²) >= 11 is 0. The molecular weight excluding hydrogens is 390 g/mol. The van der Waals surface area contributed by atoms with Gasteiger partial charge in [0.15, 0.2) is 5.78 Å². The van der Waals surface area contributed by atoms with Crippen molar-refractivity contribution in [1.82, 2.24) is 4.90 Å². The molecule has 2 aromatic rings. The molecular formula is C26H31NO4. The Morgan fingerprint density at radius 2 is 1.65 bits per heavy atom. The molecule has 2 atom stereocenters. The largest absolute Gasteiger partial charge is 0.489 e. The van der Waals surface area contributed by atoms with Crippen molar-refractivity contribution in [3.63, 3.8) is 0 Å². The number of amides is 1. The molecule has 0 spiro atoms. The number of piperidine rings is 1. The van der Waals surface area contributed by atoms with E-state index in [9.17, 15) is 9.59 Å². The predicted molar refractivity (Wildman–Crippen MR) is 119 cm³/mol. The Bertz CT molecular complexity index is 920. The molecule has 2 aliphatic heterocycles. The van der Waals surface area contributed by atoms with E-state index in [1.807, 2.05) is 80.3 Å². The Morgan fingerprint density at radius 3 is 2.29 bits per heavy atom. The monoisotopic (exact) mass is 421 g/mol. The standard InChI is InChI=1S/C26H31NO4/c1-26(2,3)31-25(29)27-21-12-13-22(27)15-20(14-21)24(28)19-10-7-11-23(16-19)30-17-18-8-5-4-6-9-18/h4-11,16,20-22H,12-15,17H2,1-3H3. The van der Waals surface area contributed by atoms with Gasteiger partial charge in [-0.2, -0.15) is 0 Å². The van der Waals surface area contributed by atoms with Crippen molar-refractivity contribution in [3.05, 3.63) is 65.7 Å². The molecule has 2 aliphatic rings. The normalized spacial score (nSPS) is 22.8. The third-order valence-corrected chi connectivity index (χ3v) is 6.08. The maximum atomic E-state index is 13.3. The van der Waals surface area contributed by atoms with E-state index in [0.717, 1.165) is 18.4 Å². The molecule has 2 fully saturated rings. The van der Waals surface area contributed by atoms with Crippen LogP contribution in [0.15, 0.2) is 54.6 Å². The maximum absolute atomic E-state index is 13.3. The number of fused-ring (bicyclic) bond motifs is 2. The van der Waals surface area contributed by atoms with Crippen LogP contribution >= 0.6 is 0 Å². The topological polar surface area (TPSA) is 55.8 Å². The third kappa shape index (κ3) is 5.09. The van der Waals surface area contributed by atoms with Gasteiger partial charge in [0.2, 0.25) is 0 Å². The summed E-state index contributed by atoms with van der Waals surface area (Å²) < 4.78 is 11.5. The number of rotatable bonds is 5. The Hall–Kier alpha value is -2.82. The van der Waals surface area contributed by atoms with E-state index >= 15 is 0 Å². The number of carbonyl (C=O) groups is 2. The molecule has 0 aliphatic carbocycles. The Kier molecular flexibility index (Phi) is 6.03. The minimum atomic E-state index is -0.511. The van der Waals surface area contributed by atoms with Crippen LogP contribution in [0.5, 0.6) is 5.75 Å². The zero-order valence-corrected chi connectivity index (χ0v) is 18.5. The highest BCUT2D eigenvalue weighted by atomic mass is 16.6. The first kappa shape index (κ1) is 21.4. The maximum Gasteiger partial charge on any atom is 0.410 e. The van der Waals surface area contributed by atoms with Gasteiger partial charge in [0.25, 0.3) is 0 Å². The van der Waals surface area contributed by atoms with E-state index in [0.29, 0.717) is 30.8 Å². The number of hydrogen-bond donors (Lipinski definition) is 0. The summed E-state index contributed by atoms with van der Waals surface area (Å²) in [4.78, 5) is 27.8. The van der Waals surface area contributed by atoms with Gasteiger partial charge >= 0.3 is 6.09 Å². The molecule has 0 saturated carbocycles. The first-order valence-corrected chi connectivity index (χ1v) is 11.1. The number of ether oxygens (including phenoxy) is 2. The van der Waals surface area contributed by atoms with Crippen LogP contribution in [-0.4, -0.2) is 34.5 Å². The first-order chi connectivity index (χ1) is 14.8. The number of hydrogen-bond acceptors (Lipinski definition) is 4. The van der Waals surface area contributed by atoms with Gasteiger partial charge in [-0.15, -0.1) is 0 Å². The van der Waals surface area contributed by atoms with Crippen LogP contribution in [0.3, 0.4) is 0 Å². The van der Waals surface area contributed by atoms with E-state index in [1.54, 1.807) is 0 Å². The summed E-state index contributed by atoms with van der Waals surface area (Å²) in [6, 6.07) is 17.6. The predicted octanol–water partition coefficient (Wildman–Crippen LogP) is 5.63. The van der Waals surface area contributed by atoms with Crippen molar-refractivity contribution in [2.45, 2.75) is 70.7 Å². The minimum Gasteiger partial charge on any atom is -0.489 e. The smallest absolute Gasteiger partial charge is 0.410 e. The van der Waals surface area contributed by atoms with Gasteiger partial charge in [0.05, 0.1) is 0 Å². The first-order valence-electron chi connectivity index (χ1n) is 11.1. The fraction of sp³-hybridized carbons (Fsp3) is 0.462. The van der Waals surface area contributed by atoms with E-state index in [1.165, 1.54) is 0 Å². The van der Waals surface area contributed by atoms with Crippen LogP contribution in [0, 0.1) is 5.92 Å². The molecule has 0 N–H and O–H groups in total. The van der Waals surface area contributed by atoms with E-state index in [-0.39, 0.29) is 29.9 Å². The molecule has 4 rings (SSSR count). The van der Waals surface area contributed by atoms with Gasteiger partial charge in [-0.25, -0.2) is 4.79 Å². The zero-order chi connectivity index (χ0) is 22.0. The number of ketones is 1. The summed E-state index contributed by atoms with van der Waals surface area (Å²) in [5.41, 5.74) is 1.26. The van der Waals surface area contributed by atoms with Crippen LogP contribution in [0.1, 0.15) is 62.4 Å². The lowest BCUT2D eigenvalue weighted by molar-refractivity contribution is 0.00254. The van der Waals surface area contributed by atoms with Crippen LogP contribution in [0.25, 0.3) is 0 Å². The number of carbonyl (C=O) groups excluding carboxylic acids is 2. The second-order valence-corrected chi connectivity index (χ2v) is 9.61. The van der Waals surface area contributed by atoms with Crippen LogP contribution in [-0.2, 0) is 11.3 Å². The van der Waals surface area contributed by atoms with Crippen molar-refractivity contribution < 1.29 is 19.1 Å². The summed E-state index contributed by atoms with van der Waals surface area (Å²) in [5, 5.41) is 0. The van der Waals surface area contributed by atoms with Crippen molar-refractivity contribution >= 4 is 11.9 Å². The summed E-state index contributed by atoms with van der Waals surface area (Å²) in [7, 11) is 0. The highest BCUT2D eigenvalue weighted by Crippen LogP contribution is 2.40. The lowest BCUT2D eigenvalue weighted by atomic mass is 9.85. The molecule has 0 aromatic heterocycles. The number of Topliss-reactive ketones (excluding diaryl/α,β-unsaturated/α-hetero) is 1. The highest BCUT2D eigenvalue weighted by molar-refractivity contribution is 5.98. The summed E-state index contributed by atoms with van der Waals surface area (Å²) in [5.74, 6) is 0.773. The van der Waals surface area contributed by atoms with Crippen LogP contribution in [0.2, 0.25) is 0 Å². The van der Waals surface area contributed by atoms with Gasteiger partial charge in [0, 0.05) is 23.6 Å². The lowest BCUT2D eigenvalue weighted by Gasteiger charge is -2.39. The SMILES string of the molecule is CC(C)(C)OC(=O)N1C2CCC1CC(C(=O)c1cccc(OCc3ccccc3)c1)C2. The van der Waals surface area contributed by atoms with Gasteiger partial charge in [-0.05, 0) is 64.2 Å². The molecule has 0 radical (unpaired) electrons. The molecule has 2 bridgehead atoms. The minimum absolute atomic E-state index is 0.0689. The van der Waals surface area contributed by atoms with Crippen molar-refractivity contribution in [2.24, 2.45) is 5.92 Å². The van der Waals surface area contributed by atoms with E-state index in [4.69, 9.17) is 9.47 Å². The van der Waals surface area contributed by atoms with Crippen molar-refractivity contribution in [2.75, 3.05) is 0 Å². The van der Waals surface area contributed by atoms with Gasteiger partial charge in [-0.3, -0.25) is 4.79 Å². The lowest BCUT2D eigenvalue weighted by Crippen LogP contribution is -2.49. The van der Waals surface area contributed by atoms with Gasteiger partial charge < -0.3 is 14.4 Å². The molecule has 5 heteroatoms. The highest BCUT2D eigenvalue weighted by Gasteiger charge is 2.46. The Morgan fingerprint density at radius 1 is 0.968 bits per heavy atom. The van der Waals surface area contributed by atoms with E-state index in [2.05, 4.69) is 0 Å². The zero-order valence-electron chi connectivity index (χ0n) is 18.5. The number of nitrogens with zero attached hydrogens (tertiary/aromatic N) is 1. The van der Waals surface area contributed by atoms with Gasteiger partial charge in [-0.1, -0.05) is 42.5 Å². The summed E-state index contributed by atoms with van der Waals surface area (Å²) in [6.07, 6.45) is 3.03.